The summed E-state index contributed by atoms with van der Waals surface area (Å²) in [5, 5.41) is 0. The summed E-state index contributed by atoms with van der Waals surface area (Å²) in [5.41, 5.74) is 1.27. The molecule has 3 heteroatoms. The van der Waals surface area contributed by atoms with Crippen LogP contribution in [0.25, 0.3) is 11.3 Å². The smallest absolute Gasteiger partial charge is 0.137 e. The molecule has 17 heavy (non-hydrogen) atoms. The van der Waals surface area contributed by atoms with Gasteiger partial charge < -0.3 is 4.42 Å². The second kappa shape index (κ2) is 4.53. The van der Waals surface area contributed by atoms with E-state index in [0.717, 1.165) is 5.56 Å². The predicted octanol–water partition coefficient (Wildman–Crippen LogP) is 3.53. The molecule has 0 N–H and O–H groups in total. The summed E-state index contributed by atoms with van der Waals surface area (Å²) in [4.78, 5) is 11.0. The van der Waals surface area contributed by atoms with Gasteiger partial charge >= 0.3 is 0 Å². The van der Waals surface area contributed by atoms with Crippen LogP contribution in [0.4, 0.5) is 4.39 Å². The standard InChI is InChI=1S/C14H13FO2/c1-9-4-3-5-12(15)14(9)13-7-6-11(17-13)8-10(2)16/h3-7H,8H2,1-2H3. The van der Waals surface area contributed by atoms with E-state index < -0.39 is 0 Å². The Kier molecular flexibility index (Phi) is 3.09. The Morgan fingerprint density at radius 3 is 2.71 bits per heavy atom. The fourth-order valence-corrected chi connectivity index (χ4v) is 1.80. The fourth-order valence-electron chi connectivity index (χ4n) is 1.80. The Balaban J connectivity index is 2.40. The molecule has 0 unspecified atom stereocenters. The van der Waals surface area contributed by atoms with E-state index in [-0.39, 0.29) is 18.0 Å². The summed E-state index contributed by atoms with van der Waals surface area (Å²) in [5.74, 6) is 0.747. The number of hydrogen-bond acceptors (Lipinski definition) is 2. The highest BCUT2D eigenvalue weighted by Crippen LogP contribution is 2.28. The van der Waals surface area contributed by atoms with Gasteiger partial charge in [-0.25, -0.2) is 4.39 Å². The molecule has 0 atom stereocenters. The minimum absolute atomic E-state index is 0.0242. The van der Waals surface area contributed by atoms with Crippen LogP contribution in [0.1, 0.15) is 18.2 Å². The molecule has 1 heterocycles. The highest BCUT2D eigenvalue weighted by Gasteiger charge is 2.12. The summed E-state index contributed by atoms with van der Waals surface area (Å²) in [6.45, 7) is 3.32. The molecule has 0 fully saturated rings. The molecule has 1 aromatic carbocycles. The molecule has 0 saturated carbocycles. The number of benzene rings is 1. The number of ketones is 1. The SMILES string of the molecule is CC(=O)Cc1ccc(-c2c(C)cccc2F)o1. The Bertz CT molecular complexity index is 535. The third kappa shape index (κ3) is 2.44. The molecule has 0 spiro atoms. The van der Waals surface area contributed by atoms with Gasteiger partial charge in [-0.05, 0) is 37.6 Å². The Hall–Kier alpha value is -1.90. The van der Waals surface area contributed by atoms with E-state index in [1.54, 1.807) is 18.2 Å². The third-order valence-corrected chi connectivity index (χ3v) is 2.55. The molecule has 2 nitrogen and oxygen atoms in total. The van der Waals surface area contributed by atoms with Crippen LogP contribution in [0.5, 0.6) is 0 Å². The second-order valence-electron chi connectivity index (χ2n) is 4.08. The molecule has 88 valence electrons. The maximum Gasteiger partial charge on any atom is 0.137 e. The van der Waals surface area contributed by atoms with Gasteiger partial charge in [0.15, 0.2) is 0 Å². The maximum absolute atomic E-state index is 13.7. The van der Waals surface area contributed by atoms with Crippen LogP contribution in [0, 0.1) is 12.7 Å². The minimum Gasteiger partial charge on any atom is -0.461 e. The van der Waals surface area contributed by atoms with Gasteiger partial charge in [0.1, 0.15) is 23.1 Å². The van der Waals surface area contributed by atoms with E-state index in [1.807, 2.05) is 13.0 Å². The number of rotatable bonds is 3. The lowest BCUT2D eigenvalue weighted by molar-refractivity contribution is -0.116. The third-order valence-electron chi connectivity index (χ3n) is 2.55. The number of carbonyl (C=O) groups excluding carboxylic acids is 1. The van der Waals surface area contributed by atoms with Gasteiger partial charge in [0, 0.05) is 0 Å². The fraction of sp³-hybridized carbons (Fsp3) is 0.214. The van der Waals surface area contributed by atoms with Crippen molar-refractivity contribution in [2.45, 2.75) is 20.3 Å². The van der Waals surface area contributed by atoms with Crippen molar-refractivity contribution in [1.29, 1.82) is 0 Å². The quantitative estimate of drug-likeness (QED) is 0.810. The molecule has 0 saturated heterocycles. The Labute approximate surface area is 99.1 Å². The van der Waals surface area contributed by atoms with Crippen LogP contribution >= 0.6 is 0 Å². The first-order valence-electron chi connectivity index (χ1n) is 5.41. The average molecular weight is 232 g/mol. The van der Waals surface area contributed by atoms with Crippen molar-refractivity contribution < 1.29 is 13.6 Å². The summed E-state index contributed by atoms with van der Waals surface area (Å²) in [6, 6.07) is 8.29. The largest absolute Gasteiger partial charge is 0.461 e. The Morgan fingerprint density at radius 2 is 2.06 bits per heavy atom. The van der Waals surface area contributed by atoms with Gasteiger partial charge in [0.05, 0.1) is 12.0 Å². The van der Waals surface area contributed by atoms with Crippen molar-refractivity contribution in [3.63, 3.8) is 0 Å². The van der Waals surface area contributed by atoms with Gasteiger partial charge in [0.2, 0.25) is 0 Å². The number of halogens is 1. The molecule has 0 radical (unpaired) electrons. The lowest BCUT2D eigenvalue weighted by Gasteiger charge is -2.03. The highest BCUT2D eigenvalue weighted by atomic mass is 19.1. The van der Waals surface area contributed by atoms with E-state index in [4.69, 9.17) is 4.42 Å². The summed E-state index contributed by atoms with van der Waals surface area (Å²) >= 11 is 0. The highest BCUT2D eigenvalue weighted by molar-refractivity contribution is 5.77. The topological polar surface area (TPSA) is 30.2 Å². The maximum atomic E-state index is 13.7. The van der Waals surface area contributed by atoms with Crippen LogP contribution in [-0.4, -0.2) is 5.78 Å². The van der Waals surface area contributed by atoms with Crippen molar-refractivity contribution >= 4 is 5.78 Å². The summed E-state index contributed by atoms with van der Waals surface area (Å²) in [7, 11) is 0. The molecule has 0 aliphatic rings. The number of hydrogen-bond donors (Lipinski definition) is 0. The van der Waals surface area contributed by atoms with Gasteiger partial charge in [-0.3, -0.25) is 4.79 Å². The van der Waals surface area contributed by atoms with Crippen LogP contribution in [0.15, 0.2) is 34.7 Å². The first-order chi connectivity index (χ1) is 8.08. The molecule has 0 aliphatic carbocycles. The zero-order valence-electron chi connectivity index (χ0n) is 9.79. The van der Waals surface area contributed by atoms with E-state index in [2.05, 4.69) is 0 Å². The minimum atomic E-state index is -0.311. The van der Waals surface area contributed by atoms with Crippen molar-refractivity contribution in [1.82, 2.24) is 0 Å². The molecule has 0 amide bonds. The zero-order valence-corrected chi connectivity index (χ0v) is 9.79. The normalized spacial score (nSPS) is 10.5. The van der Waals surface area contributed by atoms with Gasteiger partial charge in [0.25, 0.3) is 0 Å². The average Bonchev–Trinajstić information content (AvgIpc) is 2.65. The molecular weight excluding hydrogens is 219 g/mol. The monoisotopic (exact) mass is 232 g/mol. The molecule has 0 aliphatic heterocycles. The lowest BCUT2D eigenvalue weighted by Crippen LogP contribution is -1.93. The first kappa shape index (κ1) is 11.6. The molecule has 2 rings (SSSR count). The van der Waals surface area contributed by atoms with Crippen LogP contribution in [-0.2, 0) is 11.2 Å². The van der Waals surface area contributed by atoms with Crippen molar-refractivity contribution in [3.05, 3.63) is 47.5 Å². The molecule has 1 aromatic heterocycles. The van der Waals surface area contributed by atoms with Crippen molar-refractivity contribution in [2.24, 2.45) is 0 Å². The lowest BCUT2D eigenvalue weighted by atomic mass is 10.1. The zero-order chi connectivity index (χ0) is 12.4. The summed E-state index contributed by atoms with van der Waals surface area (Å²) < 4.78 is 19.2. The molecular formula is C14H13FO2. The number of Topliss-reactive ketones (excluding diaryl/α,β-unsaturated/α-hetero) is 1. The Morgan fingerprint density at radius 1 is 1.29 bits per heavy atom. The second-order valence-corrected chi connectivity index (χ2v) is 4.08. The van der Waals surface area contributed by atoms with Crippen LogP contribution in [0.3, 0.4) is 0 Å². The van der Waals surface area contributed by atoms with Crippen molar-refractivity contribution in [2.75, 3.05) is 0 Å². The van der Waals surface area contributed by atoms with E-state index in [0.29, 0.717) is 17.1 Å². The van der Waals surface area contributed by atoms with Gasteiger partial charge in [-0.2, -0.15) is 0 Å². The number of carbonyl (C=O) groups is 1. The van der Waals surface area contributed by atoms with Crippen molar-refractivity contribution in [3.8, 4) is 11.3 Å². The number of aryl methyl sites for hydroxylation is 1. The summed E-state index contributed by atoms with van der Waals surface area (Å²) in [6.07, 6.45) is 0.244. The van der Waals surface area contributed by atoms with E-state index in [9.17, 15) is 9.18 Å². The predicted molar refractivity (Wildman–Crippen MR) is 63.2 cm³/mol. The van der Waals surface area contributed by atoms with Gasteiger partial charge in [-0.1, -0.05) is 12.1 Å². The molecule has 2 aromatic rings. The van der Waals surface area contributed by atoms with Crippen LogP contribution in [0.2, 0.25) is 0 Å². The van der Waals surface area contributed by atoms with Crippen LogP contribution < -0.4 is 0 Å². The molecule has 0 bridgehead atoms. The van der Waals surface area contributed by atoms with E-state index in [1.165, 1.54) is 13.0 Å². The first-order valence-corrected chi connectivity index (χ1v) is 5.41. The van der Waals surface area contributed by atoms with E-state index >= 15 is 0 Å². The van der Waals surface area contributed by atoms with Gasteiger partial charge in [-0.15, -0.1) is 0 Å². The number of furan rings is 1.